The second kappa shape index (κ2) is 6.94. The van der Waals surface area contributed by atoms with E-state index in [-0.39, 0.29) is 11.9 Å². The van der Waals surface area contributed by atoms with Gasteiger partial charge in [0.1, 0.15) is 12.2 Å². The van der Waals surface area contributed by atoms with Gasteiger partial charge in [0.25, 0.3) is 5.91 Å². The van der Waals surface area contributed by atoms with Crippen LogP contribution in [-0.4, -0.2) is 25.7 Å². The molecule has 1 aromatic carbocycles. The van der Waals surface area contributed by atoms with E-state index in [0.717, 1.165) is 37.1 Å². The average molecular weight is 351 g/mol. The van der Waals surface area contributed by atoms with Gasteiger partial charge in [0.15, 0.2) is 0 Å². The minimum Gasteiger partial charge on any atom is -0.358 e. The number of aryl methyl sites for hydroxylation is 3. The molecular weight excluding hydrogens is 326 g/mol. The number of carbonyl (C=O) groups is 1. The first kappa shape index (κ1) is 16.8. The number of hydrogen-bond donors (Lipinski definition) is 2. The summed E-state index contributed by atoms with van der Waals surface area (Å²) in [5.41, 5.74) is 4.56. The third-order valence-electron chi connectivity index (χ3n) is 5.33. The molecule has 0 bridgehead atoms. The molecule has 2 N–H and O–H groups in total. The highest BCUT2D eigenvalue weighted by molar-refractivity contribution is 5.99. The van der Waals surface area contributed by atoms with E-state index in [0.29, 0.717) is 5.56 Å². The van der Waals surface area contributed by atoms with Crippen LogP contribution in [0.5, 0.6) is 0 Å². The van der Waals surface area contributed by atoms with Gasteiger partial charge in [-0.3, -0.25) is 4.79 Å². The molecule has 4 rings (SSSR count). The Labute approximate surface area is 153 Å². The number of hydrogen-bond acceptors (Lipinski definition) is 3. The van der Waals surface area contributed by atoms with Gasteiger partial charge in [0, 0.05) is 28.7 Å². The standard InChI is InChI=1S/C20H25N5O/c1-3-16(19-21-12-22-25(19)4-2)24-20(26)13-9-10-18-15(11-13)14-7-5-6-8-17(14)23-18/h9-12,16,23H,3-8H2,1-2H3,(H,24,26)/t16-/m1/s1. The van der Waals surface area contributed by atoms with E-state index in [2.05, 4.69) is 20.4 Å². The predicted molar refractivity (Wildman–Crippen MR) is 101 cm³/mol. The van der Waals surface area contributed by atoms with Crippen LogP contribution in [0, 0.1) is 0 Å². The Morgan fingerprint density at radius 2 is 2.15 bits per heavy atom. The molecule has 3 aromatic rings. The van der Waals surface area contributed by atoms with Gasteiger partial charge in [-0.2, -0.15) is 5.10 Å². The van der Waals surface area contributed by atoms with Crippen molar-refractivity contribution < 1.29 is 4.79 Å². The van der Waals surface area contributed by atoms with Crippen molar-refractivity contribution in [2.24, 2.45) is 0 Å². The summed E-state index contributed by atoms with van der Waals surface area (Å²) in [7, 11) is 0. The van der Waals surface area contributed by atoms with E-state index in [4.69, 9.17) is 0 Å². The van der Waals surface area contributed by atoms with Crippen LogP contribution in [-0.2, 0) is 19.4 Å². The minimum absolute atomic E-state index is 0.0600. The average Bonchev–Trinajstić information content (AvgIpc) is 3.29. The molecule has 1 aliphatic carbocycles. The zero-order chi connectivity index (χ0) is 18.1. The van der Waals surface area contributed by atoms with E-state index in [9.17, 15) is 4.79 Å². The number of amides is 1. The van der Waals surface area contributed by atoms with Crippen molar-refractivity contribution in [3.63, 3.8) is 0 Å². The van der Waals surface area contributed by atoms with Gasteiger partial charge in [-0.15, -0.1) is 0 Å². The summed E-state index contributed by atoms with van der Waals surface area (Å²) >= 11 is 0. The number of rotatable bonds is 5. The zero-order valence-corrected chi connectivity index (χ0v) is 15.4. The summed E-state index contributed by atoms with van der Waals surface area (Å²) in [6.45, 7) is 4.81. The van der Waals surface area contributed by atoms with Gasteiger partial charge >= 0.3 is 0 Å². The second-order valence-electron chi connectivity index (χ2n) is 6.92. The fraction of sp³-hybridized carbons (Fsp3) is 0.450. The van der Waals surface area contributed by atoms with Crippen molar-refractivity contribution in [1.29, 1.82) is 0 Å². The minimum atomic E-state index is -0.138. The summed E-state index contributed by atoms with van der Waals surface area (Å²) in [5, 5.41) is 8.53. The van der Waals surface area contributed by atoms with Crippen LogP contribution in [0.4, 0.5) is 0 Å². The summed E-state index contributed by atoms with van der Waals surface area (Å²) in [4.78, 5) is 20.7. The molecule has 0 saturated carbocycles. The third-order valence-corrected chi connectivity index (χ3v) is 5.33. The van der Waals surface area contributed by atoms with E-state index in [1.54, 1.807) is 6.33 Å². The predicted octanol–water partition coefficient (Wildman–Crippen LogP) is 3.54. The van der Waals surface area contributed by atoms with Crippen LogP contribution in [0.1, 0.15) is 66.6 Å². The molecule has 0 aliphatic heterocycles. The molecule has 0 spiro atoms. The number of fused-ring (bicyclic) bond motifs is 3. The first-order chi connectivity index (χ1) is 12.7. The van der Waals surface area contributed by atoms with Crippen molar-refractivity contribution >= 4 is 16.8 Å². The Morgan fingerprint density at radius 1 is 1.31 bits per heavy atom. The van der Waals surface area contributed by atoms with E-state index < -0.39 is 0 Å². The SMILES string of the molecule is CC[C@@H](NC(=O)c1ccc2[nH]c3c(c2c1)CCCC3)c1ncnn1CC. The van der Waals surface area contributed by atoms with Crippen molar-refractivity contribution in [1.82, 2.24) is 25.1 Å². The van der Waals surface area contributed by atoms with E-state index in [1.807, 2.05) is 36.7 Å². The molecule has 0 radical (unpaired) electrons. The van der Waals surface area contributed by atoms with Gasteiger partial charge in [0.05, 0.1) is 6.04 Å². The first-order valence-electron chi connectivity index (χ1n) is 9.53. The molecule has 2 heterocycles. The van der Waals surface area contributed by atoms with Crippen molar-refractivity contribution in [2.45, 2.75) is 58.5 Å². The fourth-order valence-corrected chi connectivity index (χ4v) is 3.92. The van der Waals surface area contributed by atoms with Crippen molar-refractivity contribution in [3.8, 4) is 0 Å². The van der Waals surface area contributed by atoms with Crippen LogP contribution in [0.25, 0.3) is 10.9 Å². The number of aromatic nitrogens is 4. The lowest BCUT2D eigenvalue weighted by molar-refractivity contribution is 0.0933. The zero-order valence-electron chi connectivity index (χ0n) is 15.4. The van der Waals surface area contributed by atoms with Crippen LogP contribution >= 0.6 is 0 Å². The van der Waals surface area contributed by atoms with Crippen LogP contribution < -0.4 is 5.32 Å². The smallest absolute Gasteiger partial charge is 0.251 e. The van der Waals surface area contributed by atoms with Crippen molar-refractivity contribution in [3.05, 3.63) is 47.2 Å². The Balaban J connectivity index is 1.61. The molecule has 6 nitrogen and oxygen atoms in total. The number of nitrogens with zero attached hydrogens (tertiary/aromatic N) is 3. The molecule has 1 atom stereocenters. The van der Waals surface area contributed by atoms with Crippen LogP contribution in [0.15, 0.2) is 24.5 Å². The van der Waals surface area contributed by atoms with Gasteiger partial charge < -0.3 is 10.3 Å². The molecule has 26 heavy (non-hydrogen) atoms. The molecule has 1 amide bonds. The van der Waals surface area contributed by atoms with E-state index >= 15 is 0 Å². The summed E-state index contributed by atoms with van der Waals surface area (Å²) in [6, 6.07) is 5.82. The lowest BCUT2D eigenvalue weighted by atomic mass is 9.95. The topological polar surface area (TPSA) is 75.6 Å². The Hall–Kier alpha value is -2.63. The van der Waals surface area contributed by atoms with E-state index in [1.165, 1.54) is 29.5 Å². The molecule has 6 heteroatoms. The number of aromatic amines is 1. The third kappa shape index (κ3) is 2.89. The molecule has 2 aromatic heterocycles. The Kier molecular flexibility index (Phi) is 4.49. The summed E-state index contributed by atoms with van der Waals surface area (Å²) in [6.07, 6.45) is 6.98. The fourth-order valence-electron chi connectivity index (χ4n) is 3.92. The molecule has 136 valence electrons. The first-order valence-corrected chi connectivity index (χ1v) is 9.53. The quantitative estimate of drug-likeness (QED) is 0.738. The number of benzene rings is 1. The highest BCUT2D eigenvalue weighted by atomic mass is 16.1. The lowest BCUT2D eigenvalue weighted by Crippen LogP contribution is -2.30. The second-order valence-corrected chi connectivity index (χ2v) is 6.92. The van der Waals surface area contributed by atoms with Crippen LogP contribution in [0.2, 0.25) is 0 Å². The number of carbonyl (C=O) groups excluding carboxylic acids is 1. The monoisotopic (exact) mass is 351 g/mol. The van der Waals surface area contributed by atoms with Gasteiger partial charge in [-0.1, -0.05) is 6.92 Å². The van der Waals surface area contributed by atoms with Gasteiger partial charge in [-0.05, 0) is 62.8 Å². The lowest BCUT2D eigenvalue weighted by Gasteiger charge is -2.17. The molecule has 0 unspecified atom stereocenters. The summed E-state index contributed by atoms with van der Waals surface area (Å²) < 4.78 is 1.83. The maximum atomic E-state index is 12.9. The highest BCUT2D eigenvalue weighted by Crippen LogP contribution is 2.29. The van der Waals surface area contributed by atoms with Crippen LogP contribution in [0.3, 0.4) is 0 Å². The maximum absolute atomic E-state index is 12.9. The maximum Gasteiger partial charge on any atom is 0.251 e. The van der Waals surface area contributed by atoms with Gasteiger partial charge in [-0.25, -0.2) is 9.67 Å². The molecular formula is C20H25N5O. The summed E-state index contributed by atoms with van der Waals surface area (Å²) in [5.74, 6) is 0.749. The van der Waals surface area contributed by atoms with Crippen molar-refractivity contribution in [2.75, 3.05) is 0 Å². The Bertz CT molecular complexity index is 939. The normalized spacial score (nSPS) is 15.0. The Morgan fingerprint density at radius 3 is 2.96 bits per heavy atom. The number of H-pyrrole nitrogens is 1. The highest BCUT2D eigenvalue weighted by Gasteiger charge is 2.20. The van der Waals surface area contributed by atoms with Gasteiger partial charge in [0.2, 0.25) is 0 Å². The largest absolute Gasteiger partial charge is 0.358 e. The number of nitrogens with one attached hydrogen (secondary N) is 2. The molecule has 1 aliphatic rings. The molecule has 0 saturated heterocycles. The molecule has 0 fully saturated rings.